The molecule has 1 aromatic heterocycles. The third kappa shape index (κ3) is 5.22. The van der Waals surface area contributed by atoms with Crippen molar-refractivity contribution < 1.29 is 9.53 Å². The Labute approximate surface area is 205 Å². The van der Waals surface area contributed by atoms with E-state index in [2.05, 4.69) is 15.6 Å². The summed E-state index contributed by atoms with van der Waals surface area (Å²) in [7, 11) is 1.88. The van der Waals surface area contributed by atoms with Crippen LogP contribution in [0.15, 0.2) is 59.7 Å². The fraction of sp³-hybridized carbons (Fsp3) is 0.370. The largest absolute Gasteiger partial charge is 0.492 e. The third-order valence-corrected chi connectivity index (χ3v) is 6.30. The number of carbonyl (C=O) groups excluding carboxylic acids is 1. The Hall–Kier alpha value is -3.65. The summed E-state index contributed by atoms with van der Waals surface area (Å²) in [6.07, 6.45) is 4.26. The molecule has 0 bridgehead atoms. The van der Waals surface area contributed by atoms with Crippen molar-refractivity contribution in [2.45, 2.75) is 32.7 Å². The number of aryl methyl sites for hydroxylation is 1. The summed E-state index contributed by atoms with van der Waals surface area (Å²) in [5, 5.41) is 6.40. The molecule has 0 saturated carbocycles. The molecule has 4 rings (SSSR count). The summed E-state index contributed by atoms with van der Waals surface area (Å²) in [4.78, 5) is 32.4. The van der Waals surface area contributed by atoms with E-state index in [1.165, 1.54) is 0 Å². The Morgan fingerprint density at radius 1 is 1.17 bits per heavy atom. The second-order valence-electron chi connectivity index (χ2n) is 9.30. The highest BCUT2D eigenvalue weighted by Gasteiger charge is 2.27. The van der Waals surface area contributed by atoms with Crippen LogP contribution in [0.2, 0.25) is 0 Å². The molecule has 8 nitrogen and oxygen atoms in total. The first kappa shape index (κ1) is 24.5. The van der Waals surface area contributed by atoms with Gasteiger partial charge in [0.1, 0.15) is 12.4 Å². The number of carbonyl (C=O) groups is 1. The topological polar surface area (TPSA) is 88.5 Å². The summed E-state index contributed by atoms with van der Waals surface area (Å²) < 4.78 is 7.51. The Balaban J connectivity index is 1.65. The normalized spacial score (nSPS) is 13.3. The number of hydrogen-bond acceptors (Lipinski definition) is 6. The number of nitrogens with one attached hydrogen (secondary N) is 2. The zero-order valence-corrected chi connectivity index (χ0v) is 20.8. The lowest BCUT2D eigenvalue weighted by atomic mass is 9.93. The number of ether oxygens (including phenoxy) is 1. The third-order valence-electron chi connectivity index (χ3n) is 6.30. The maximum Gasteiger partial charge on any atom is 0.297 e. The van der Waals surface area contributed by atoms with Crippen LogP contribution in [0.25, 0.3) is 5.69 Å². The molecule has 3 aromatic rings. The van der Waals surface area contributed by atoms with Crippen LogP contribution in [0.4, 0.5) is 5.82 Å². The molecule has 1 amide bonds. The van der Waals surface area contributed by atoms with E-state index in [1.54, 1.807) is 23.0 Å². The van der Waals surface area contributed by atoms with Gasteiger partial charge in [0.25, 0.3) is 11.5 Å². The highest BCUT2D eigenvalue weighted by molar-refractivity contribution is 5.95. The van der Waals surface area contributed by atoms with E-state index in [1.807, 2.05) is 69.1 Å². The molecule has 0 atom stereocenters. The van der Waals surface area contributed by atoms with E-state index < -0.39 is 5.54 Å². The van der Waals surface area contributed by atoms with Crippen molar-refractivity contribution in [2.24, 2.45) is 0 Å². The van der Waals surface area contributed by atoms with E-state index in [9.17, 15) is 9.59 Å². The predicted molar refractivity (Wildman–Crippen MR) is 138 cm³/mol. The number of para-hydroxylation sites is 1. The molecule has 8 heteroatoms. The molecule has 1 fully saturated rings. The van der Waals surface area contributed by atoms with Crippen LogP contribution in [0.1, 0.15) is 41.8 Å². The molecule has 1 aliphatic rings. The maximum atomic E-state index is 13.5. The first-order valence-corrected chi connectivity index (χ1v) is 11.9. The van der Waals surface area contributed by atoms with Crippen LogP contribution in [-0.2, 0) is 5.54 Å². The molecule has 184 valence electrons. The number of aromatic nitrogens is 2. The molecule has 0 aliphatic carbocycles. The molecule has 0 radical (unpaired) electrons. The Bertz CT molecular complexity index is 1260. The average molecular weight is 476 g/mol. The van der Waals surface area contributed by atoms with Crippen LogP contribution in [0.5, 0.6) is 5.75 Å². The lowest BCUT2D eigenvalue weighted by molar-refractivity contribution is 0.0652. The highest BCUT2D eigenvalue weighted by Crippen LogP contribution is 2.31. The van der Waals surface area contributed by atoms with Gasteiger partial charge in [0.15, 0.2) is 5.82 Å². The molecule has 1 aliphatic heterocycles. The Kier molecular flexibility index (Phi) is 7.21. The summed E-state index contributed by atoms with van der Waals surface area (Å²) >= 11 is 0. The first-order valence-electron chi connectivity index (χ1n) is 11.9. The zero-order valence-electron chi connectivity index (χ0n) is 20.8. The number of likely N-dealkylation sites (N-methyl/N-ethyl adjacent to an activating group) is 1. The lowest BCUT2D eigenvalue weighted by Crippen LogP contribution is -2.42. The van der Waals surface area contributed by atoms with Gasteiger partial charge in [-0.3, -0.25) is 14.2 Å². The fourth-order valence-electron chi connectivity index (χ4n) is 4.13. The van der Waals surface area contributed by atoms with Crippen molar-refractivity contribution in [1.82, 2.24) is 19.8 Å². The maximum absolute atomic E-state index is 13.5. The molecular formula is C27H33N5O3. The van der Waals surface area contributed by atoms with E-state index in [0.717, 1.165) is 42.9 Å². The van der Waals surface area contributed by atoms with Gasteiger partial charge < -0.3 is 20.3 Å². The molecule has 35 heavy (non-hydrogen) atoms. The second-order valence-corrected chi connectivity index (χ2v) is 9.30. The molecule has 2 heterocycles. The van der Waals surface area contributed by atoms with Gasteiger partial charge in [-0.05, 0) is 58.0 Å². The number of rotatable bonds is 9. The van der Waals surface area contributed by atoms with Crippen LogP contribution in [-0.4, -0.2) is 53.6 Å². The zero-order chi connectivity index (χ0) is 25.0. The number of amides is 1. The number of hydrogen-bond donors (Lipinski definition) is 2. The summed E-state index contributed by atoms with van der Waals surface area (Å²) in [5.74, 6) is 0.972. The summed E-state index contributed by atoms with van der Waals surface area (Å²) in [6, 6.07) is 13.3. The van der Waals surface area contributed by atoms with Crippen molar-refractivity contribution in [2.75, 3.05) is 38.6 Å². The quantitative estimate of drug-likeness (QED) is 0.462. The SMILES string of the molecule is CNCCOc1ccccc1C(C)(C)Nc1nccn(-c2cc(C(=O)N3CCC3)ccc2C)c1=O. The second kappa shape index (κ2) is 10.3. The van der Waals surface area contributed by atoms with Crippen molar-refractivity contribution in [3.63, 3.8) is 0 Å². The van der Waals surface area contributed by atoms with Gasteiger partial charge in [-0.15, -0.1) is 0 Å². The molecule has 2 aromatic carbocycles. The lowest BCUT2D eigenvalue weighted by Gasteiger charge is -2.31. The molecular weight excluding hydrogens is 442 g/mol. The van der Waals surface area contributed by atoms with Gasteiger partial charge in [-0.2, -0.15) is 0 Å². The minimum Gasteiger partial charge on any atom is -0.492 e. The predicted octanol–water partition coefficient (Wildman–Crippen LogP) is 3.33. The van der Waals surface area contributed by atoms with Crippen LogP contribution < -0.4 is 20.9 Å². The van der Waals surface area contributed by atoms with Gasteiger partial charge in [-0.1, -0.05) is 24.3 Å². The van der Waals surface area contributed by atoms with Crippen molar-refractivity contribution in [3.05, 3.63) is 81.9 Å². The minimum absolute atomic E-state index is 0.00559. The van der Waals surface area contributed by atoms with Crippen molar-refractivity contribution in [3.8, 4) is 11.4 Å². The molecule has 0 unspecified atom stereocenters. The van der Waals surface area contributed by atoms with Gasteiger partial charge in [0.05, 0.1) is 11.2 Å². The average Bonchev–Trinajstić information content (AvgIpc) is 2.80. The monoisotopic (exact) mass is 475 g/mol. The summed E-state index contributed by atoms with van der Waals surface area (Å²) in [5.41, 5.74) is 2.15. The van der Waals surface area contributed by atoms with Crippen LogP contribution >= 0.6 is 0 Å². The van der Waals surface area contributed by atoms with Gasteiger partial charge in [0.2, 0.25) is 0 Å². The van der Waals surface area contributed by atoms with Crippen LogP contribution in [0.3, 0.4) is 0 Å². The van der Waals surface area contributed by atoms with Gasteiger partial charge in [0, 0.05) is 43.2 Å². The molecule has 0 spiro atoms. The number of benzene rings is 2. The first-order chi connectivity index (χ1) is 16.8. The van der Waals surface area contributed by atoms with E-state index in [0.29, 0.717) is 17.9 Å². The number of nitrogens with zero attached hydrogens (tertiary/aromatic N) is 3. The highest BCUT2D eigenvalue weighted by atomic mass is 16.5. The fourth-order valence-corrected chi connectivity index (χ4v) is 4.13. The van der Waals surface area contributed by atoms with Gasteiger partial charge in [-0.25, -0.2) is 4.98 Å². The number of anilines is 1. The van der Waals surface area contributed by atoms with Gasteiger partial charge >= 0.3 is 0 Å². The van der Waals surface area contributed by atoms with Crippen molar-refractivity contribution >= 4 is 11.7 Å². The summed E-state index contributed by atoms with van der Waals surface area (Å²) in [6.45, 7) is 8.72. The van der Waals surface area contributed by atoms with Crippen molar-refractivity contribution in [1.29, 1.82) is 0 Å². The van der Waals surface area contributed by atoms with E-state index in [4.69, 9.17) is 4.74 Å². The minimum atomic E-state index is -0.633. The van der Waals surface area contributed by atoms with E-state index in [-0.39, 0.29) is 17.3 Å². The number of likely N-dealkylation sites (tertiary alicyclic amines) is 1. The molecule has 2 N–H and O–H groups in total. The Morgan fingerprint density at radius 2 is 1.94 bits per heavy atom. The Morgan fingerprint density at radius 3 is 2.66 bits per heavy atom. The smallest absolute Gasteiger partial charge is 0.297 e. The van der Waals surface area contributed by atoms with Crippen LogP contribution in [0, 0.1) is 6.92 Å². The molecule has 1 saturated heterocycles. The standard InChI is InChI=1S/C27H33N5O3/c1-19-10-11-20(25(33)31-14-7-15-31)18-22(19)32-16-12-29-24(26(32)34)30-27(2,3)21-8-5-6-9-23(21)35-17-13-28-4/h5-6,8-12,16,18,28H,7,13-15,17H2,1-4H3,(H,29,30). The van der Waals surface area contributed by atoms with E-state index >= 15 is 0 Å².